The topological polar surface area (TPSA) is 172 Å². The molecule has 3 aromatic rings. The number of hydrogen-bond donors (Lipinski definition) is 3. The Kier molecular flexibility index (Phi) is 9.58. The molecule has 1 aliphatic rings. The summed E-state index contributed by atoms with van der Waals surface area (Å²) in [5.74, 6) is -0.527. The van der Waals surface area contributed by atoms with Gasteiger partial charge in [-0.1, -0.05) is 30.3 Å². The molecule has 3 aromatic carbocycles. The van der Waals surface area contributed by atoms with Gasteiger partial charge in [0.05, 0.1) is 0 Å². The molecule has 0 bridgehead atoms. The summed E-state index contributed by atoms with van der Waals surface area (Å²) in [6.07, 6.45) is -2.98. The Labute approximate surface area is 239 Å². The first-order chi connectivity index (χ1) is 18.7. The molecule has 3 N–H and O–H groups in total. The minimum Gasteiger partial charge on any atom is -0.0622 e. The van der Waals surface area contributed by atoms with Gasteiger partial charge in [-0.3, -0.25) is 0 Å². The smallest absolute Gasteiger partial charge is 0.0622 e. The second kappa shape index (κ2) is 12.7. The minimum atomic E-state index is -4.43. The molecule has 39 heavy (non-hydrogen) atoms. The van der Waals surface area contributed by atoms with E-state index in [9.17, 15) is 19.6 Å². The Hall–Kier alpha value is -2.60. The summed E-state index contributed by atoms with van der Waals surface area (Å²) in [4.78, 5) is 15.5. The van der Waals surface area contributed by atoms with Gasteiger partial charge in [-0.05, 0) is 0 Å². The van der Waals surface area contributed by atoms with Crippen molar-refractivity contribution in [2.45, 2.75) is 41.4 Å². The average molecular weight is 656 g/mol. The maximum atomic E-state index is 14.1. The van der Waals surface area contributed by atoms with Crippen molar-refractivity contribution in [1.29, 1.82) is 0 Å². The Morgan fingerprint density at radius 2 is 1.87 bits per heavy atom. The molecule has 12 nitrogen and oxygen atoms in total. The number of aliphatic hydroxyl groups is 2. The number of carbonyl (C=O) groups excluding carboxylic acids is 1. The Morgan fingerprint density at radius 3 is 2.56 bits per heavy atom. The van der Waals surface area contributed by atoms with Crippen LogP contribution in [-0.2, 0) is 30.0 Å². The summed E-state index contributed by atoms with van der Waals surface area (Å²) < 4.78 is 35.7. The molecule has 2 radical (unpaired) electrons. The molecule has 14 heteroatoms. The molecular formula is C25H26InN4O8P. The molecule has 0 aromatic heterocycles. The van der Waals surface area contributed by atoms with E-state index in [1.165, 1.54) is 6.92 Å². The summed E-state index contributed by atoms with van der Waals surface area (Å²) in [6, 6.07) is 20.2. The zero-order valence-electron chi connectivity index (χ0n) is 20.9. The number of azide groups is 1. The Balaban J connectivity index is 1.58. The van der Waals surface area contributed by atoms with E-state index in [0.29, 0.717) is 29.8 Å². The van der Waals surface area contributed by atoms with E-state index in [1.54, 1.807) is 36.4 Å². The molecule has 1 heterocycles. The number of rotatable bonds is 11. The number of benzene rings is 3. The van der Waals surface area contributed by atoms with Crippen LogP contribution in [0.5, 0.6) is 5.75 Å². The number of fused-ring (bicyclic) bond motifs is 1. The van der Waals surface area contributed by atoms with Crippen molar-refractivity contribution in [2.24, 2.45) is 5.11 Å². The zero-order chi connectivity index (χ0) is 28.0. The average Bonchev–Trinajstić information content (AvgIpc) is 3.15. The van der Waals surface area contributed by atoms with Crippen molar-refractivity contribution >= 4 is 48.9 Å². The summed E-state index contributed by atoms with van der Waals surface area (Å²) in [6.45, 7) is 0.685. The van der Waals surface area contributed by atoms with Gasteiger partial charge in [-0.2, -0.15) is 0 Å². The van der Waals surface area contributed by atoms with Crippen molar-refractivity contribution in [2.75, 3.05) is 6.61 Å². The third-order valence-electron chi connectivity index (χ3n) is 6.02. The zero-order valence-corrected chi connectivity index (χ0v) is 25.1. The van der Waals surface area contributed by atoms with Crippen molar-refractivity contribution in [1.82, 2.24) is 5.09 Å². The van der Waals surface area contributed by atoms with E-state index in [4.69, 9.17) is 24.1 Å². The van der Waals surface area contributed by atoms with E-state index >= 15 is 0 Å². The second-order valence-electron chi connectivity index (χ2n) is 8.84. The fourth-order valence-electron chi connectivity index (χ4n) is 3.94. The van der Waals surface area contributed by atoms with Crippen LogP contribution >= 0.6 is 7.75 Å². The number of nitrogens with one attached hydrogen (secondary N) is 1. The molecule has 0 saturated carbocycles. The number of ether oxygens (including phenoxy) is 2. The monoisotopic (exact) mass is 656 g/mol. The first kappa shape index (κ1) is 29.4. The molecule has 1 unspecified atom stereocenters. The summed E-state index contributed by atoms with van der Waals surface area (Å²) >= 11 is 0.382. The Bertz CT molecular complexity index is 1400. The predicted molar refractivity (Wildman–Crippen MR) is 141 cm³/mol. The SMILES string of the molecule is C[C@H](NP(=O)(OC[C@@]1(N=[N+]=[N-])O[C@@H]([In])[C@H](O)[C@@H]1O)Oc1cccc2ccccc12)C(=O)OCc1ccccc1. The van der Waals surface area contributed by atoms with Crippen molar-refractivity contribution in [3.63, 3.8) is 0 Å². The number of aliphatic hydroxyl groups excluding tert-OH is 2. The van der Waals surface area contributed by atoms with Crippen LogP contribution in [0, 0.1) is 0 Å². The van der Waals surface area contributed by atoms with Crippen LogP contribution in [0.4, 0.5) is 0 Å². The second-order valence-corrected chi connectivity index (χ2v) is 12.4. The molecule has 0 aliphatic carbocycles. The van der Waals surface area contributed by atoms with Crippen LogP contribution in [0.15, 0.2) is 77.9 Å². The maximum absolute atomic E-state index is 14.1. The van der Waals surface area contributed by atoms with E-state index in [2.05, 4.69) is 15.1 Å². The number of hydrogen-bond acceptors (Lipinski definition) is 9. The standard InChI is InChI=1S/C25H26N4O8P.In/c1-17(24(32)34-14-18-8-3-2-4-9-18)27-38(33,36-16-25(28-29-26)23(31)21(30)15-35-25)37-22-13-7-11-19-10-5-6-12-20(19)22;/h2-13,15,17,21,23,30-31H,14,16H2,1H3,(H,27,33);/t17-,21-,23-,25+,38?;/m0./s1. The number of nitrogens with zero attached hydrogens (tertiary/aromatic N) is 3. The van der Waals surface area contributed by atoms with Gasteiger partial charge in [-0.25, -0.2) is 0 Å². The molecule has 4 rings (SSSR count). The first-order valence-electron chi connectivity index (χ1n) is 11.9. The van der Waals surface area contributed by atoms with Gasteiger partial charge in [-0.15, -0.1) is 0 Å². The van der Waals surface area contributed by atoms with Crippen molar-refractivity contribution < 1.29 is 38.1 Å². The van der Waals surface area contributed by atoms with E-state index < -0.39 is 48.2 Å². The van der Waals surface area contributed by atoms with Gasteiger partial charge < -0.3 is 0 Å². The van der Waals surface area contributed by atoms with Crippen molar-refractivity contribution in [3.8, 4) is 5.75 Å². The van der Waals surface area contributed by atoms with Crippen LogP contribution in [0.1, 0.15) is 12.5 Å². The van der Waals surface area contributed by atoms with Gasteiger partial charge in [0.2, 0.25) is 0 Å². The molecule has 202 valence electrons. The van der Waals surface area contributed by atoms with Crippen molar-refractivity contribution in [3.05, 3.63) is 88.8 Å². The normalized spacial score (nSPS) is 24.8. The molecule has 6 atom stereocenters. The first-order valence-corrected chi connectivity index (χ1v) is 15.4. The van der Waals surface area contributed by atoms with E-state index in [1.807, 2.05) is 36.4 Å². The fourth-order valence-corrected chi connectivity index (χ4v) is 6.75. The van der Waals surface area contributed by atoms with Crippen LogP contribution in [0.25, 0.3) is 21.2 Å². The number of esters is 1. The summed E-state index contributed by atoms with van der Waals surface area (Å²) in [5.41, 5.74) is 7.81. The van der Waals surface area contributed by atoms with E-state index in [0.717, 1.165) is 10.9 Å². The van der Waals surface area contributed by atoms with Gasteiger partial charge >= 0.3 is 209 Å². The predicted octanol–water partition coefficient (Wildman–Crippen LogP) is 3.32. The van der Waals surface area contributed by atoms with Crippen LogP contribution < -0.4 is 9.61 Å². The molecule has 0 amide bonds. The molecular weight excluding hydrogens is 630 g/mol. The number of carbonyl (C=O) groups is 1. The molecule has 0 spiro atoms. The third kappa shape index (κ3) is 6.95. The fraction of sp³-hybridized carbons (Fsp3) is 0.320. The quantitative estimate of drug-likeness (QED) is 0.0921. The minimum absolute atomic E-state index is 0.000473. The Morgan fingerprint density at radius 1 is 1.18 bits per heavy atom. The summed E-state index contributed by atoms with van der Waals surface area (Å²) in [7, 11) is -4.43. The van der Waals surface area contributed by atoms with Gasteiger partial charge in [0.1, 0.15) is 0 Å². The molecule has 1 saturated heterocycles. The van der Waals surface area contributed by atoms with Gasteiger partial charge in [0.25, 0.3) is 0 Å². The molecule has 1 fully saturated rings. The summed E-state index contributed by atoms with van der Waals surface area (Å²) in [5, 5.41) is 28.3. The molecule has 1 aliphatic heterocycles. The van der Waals surface area contributed by atoms with E-state index in [-0.39, 0.29) is 12.4 Å². The van der Waals surface area contributed by atoms with Crippen LogP contribution in [0.3, 0.4) is 0 Å². The van der Waals surface area contributed by atoms with Gasteiger partial charge in [0.15, 0.2) is 0 Å². The van der Waals surface area contributed by atoms with Crippen LogP contribution in [0.2, 0.25) is 0 Å². The van der Waals surface area contributed by atoms with Crippen LogP contribution in [-0.4, -0.2) is 75.0 Å². The van der Waals surface area contributed by atoms with Gasteiger partial charge in [0, 0.05) is 0 Å². The third-order valence-corrected chi connectivity index (χ3v) is 9.14.